The number of nitrogens with zero attached hydrogens (tertiary/aromatic N) is 1. The van der Waals surface area contributed by atoms with Crippen molar-refractivity contribution in [3.05, 3.63) is 41.6 Å². The van der Waals surface area contributed by atoms with Crippen LogP contribution in [0.3, 0.4) is 0 Å². The van der Waals surface area contributed by atoms with Crippen molar-refractivity contribution in [2.24, 2.45) is 0 Å². The maximum Gasteiger partial charge on any atom is 0.417 e. The molecule has 0 aliphatic carbocycles. The Morgan fingerprint density at radius 1 is 1.24 bits per heavy atom. The predicted molar refractivity (Wildman–Crippen MR) is 67.8 cm³/mol. The number of nitrogens with one attached hydrogen (secondary N) is 2. The van der Waals surface area contributed by atoms with E-state index in [0.717, 1.165) is 6.07 Å². The number of hydrogen-bond donors (Lipinski definition) is 3. The van der Waals surface area contributed by atoms with Crippen molar-refractivity contribution < 1.29 is 23.1 Å². The van der Waals surface area contributed by atoms with Crippen LogP contribution in [0.25, 0.3) is 22.3 Å². The van der Waals surface area contributed by atoms with E-state index in [1.165, 1.54) is 24.3 Å². The summed E-state index contributed by atoms with van der Waals surface area (Å²) in [6.07, 6.45) is -4.46. The van der Waals surface area contributed by atoms with Crippen LogP contribution in [-0.4, -0.2) is 26.3 Å². The van der Waals surface area contributed by atoms with E-state index in [-0.39, 0.29) is 16.8 Å². The minimum atomic E-state index is -4.46. The molecule has 0 aliphatic heterocycles. The topological polar surface area (TPSA) is 81.8 Å². The molecule has 21 heavy (non-hydrogen) atoms. The van der Waals surface area contributed by atoms with E-state index in [9.17, 15) is 18.0 Å². The van der Waals surface area contributed by atoms with Gasteiger partial charge >= 0.3 is 12.1 Å². The molecule has 5 nitrogen and oxygen atoms in total. The van der Waals surface area contributed by atoms with Gasteiger partial charge in [-0.3, -0.25) is 5.10 Å². The Morgan fingerprint density at radius 2 is 2.00 bits per heavy atom. The van der Waals surface area contributed by atoms with Crippen molar-refractivity contribution in [1.29, 1.82) is 0 Å². The number of rotatable bonds is 2. The van der Waals surface area contributed by atoms with Gasteiger partial charge in [-0.2, -0.15) is 18.3 Å². The van der Waals surface area contributed by atoms with Crippen molar-refractivity contribution in [2.45, 2.75) is 6.18 Å². The van der Waals surface area contributed by atoms with Crippen LogP contribution in [0.1, 0.15) is 16.1 Å². The molecule has 2 heterocycles. The highest BCUT2D eigenvalue weighted by atomic mass is 19.4. The summed E-state index contributed by atoms with van der Waals surface area (Å²) in [5.41, 5.74) is -0.0435. The third kappa shape index (κ3) is 2.24. The summed E-state index contributed by atoms with van der Waals surface area (Å²) >= 11 is 0. The maximum atomic E-state index is 12.9. The molecule has 0 unspecified atom stereocenters. The van der Waals surface area contributed by atoms with Gasteiger partial charge in [-0.05, 0) is 18.2 Å². The SMILES string of the molecule is O=C(O)c1cc(-c2cc3c(C(F)(F)F)cccc3[nH]2)n[nH]1. The Hall–Kier alpha value is -2.77. The Labute approximate surface area is 115 Å². The monoisotopic (exact) mass is 295 g/mol. The molecule has 0 saturated carbocycles. The molecule has 2 aromatic heterocycles. The number of H-pyrrole nitrogens is 2. The number of benzene rings is 1. The van der Waals surface area contributed by atoms with Crippen LogP contribution in [0, 0.1) is 0 Å². The smallest absolute Gasteiger partial charge is 0.417 e. The summed E-state index contributed by atoms with van der Waals surface area (Å²) < 4.78 is 38.8. The zero-order valence-electron chi connectivity index (χ0n) is 10.3. The van der Waals surface area contributed by atoms with Gasteiger partial charge in [0.05, 0.1) is 11.3 Å². The number of aromatic nitrogens is 3. The van der Waals surface area contributed by atoms with Gasteiger partial charge in [0.1, 0.15) is 11.4 Å². The lowest BCUT2D eigenvalue weighted by molar-refractivity contribution is -0.136. The molecule has 0 atom stereocenters. The lowest BCUT2D eigenvalue weighted by atomic mass is 10.1. The van der Waals surface area contributed by atoms with E-state index in [2.05, 4.69) is 15.2 Å². The molecular formula is C13H8F3N3O2. The number of alkyl halides is 3. The van der Waals surface area contributed by atoms with Crippen LogP contribution in [-0.2, 0) is 6.18 Å². The minimum absolute atomic E-state index is 0.0138. The highest BCUT2D eigenvalue weighted by molar-refractivity contribution is 5.90. The number of carboxylic acids is 1. The van der Waals surface area contributed by atoms with Crippen LogP contribution in [0.15, 0.2) is 30.3 Å². The first-order valence-corrected chi connectivity index (χ1v) is 5.84. The molecule has 0 fully saturated rings. The first kappa shape index (κ1) is 13.2. The van der Waals surface area contributed by atoms with Gasteiger partial charge in [-0.1, -0.05) is 6.07 Å². The first-order valence-electron chi connectivity index (χ1n) is 5.84. The van der Waals surface area contributed by atoms with E-state index in [4.69, 9.17) is 5.11 Å². The lowest BCUT2D eigenvalue weighted by Crippen LogP contribution is -2.04. The Bertz CT molecular complexity index is 833. The molecule has 3 N–H and O–H groups in total. The van der Waals surface area contributed by atoms with Crippen molar-refractivity contribution in [1.82, 2.24) is 15.2 Å². The Kier molecular flexibility index (Phi) is 2.75. The molecule has 0 radical (unpaired) electrons. The summed E-state index contributed by atoms with van der Waals surface area (Å²) in [7, 11) is 0. The molecule has 1 aromatic carbocycles. The van der Waals surface area contributed by atoms with Crippen LogP contribution in [0.5, 0.6) is 0 Å². The fourth-order valence-electron chi connectivity index (χ4n) is 2.11. The number of carbonyl (C=O) groups is 1. The molecule has 0 bridgehead atoms. The summed E-state index contributed by atoms with van der Waals surface area (Å²) in [5.74, 6) is -1.19. The largest absolute Gasteiger partial charge is 0.477 e. The number of carboxylic acid groups (broad SMARTS) is 1. The van der Waals surface area contributed by atoms with Gasteiger partial charge in [0.15, 0.2) is 0 Å². The third-order valence-electron chi connectivity index (χ3n) is 3.05. The second-order valence-electron chi connectivity index (χ2n) is 4.42. The molecule has 108 valence electrons. The Balaban J connectivity index is 2.15. The van der Waals surface area contributed by atoms with Crippen LogP contribution < -0.4 is 0 Å². The van der Waals surface area contributed by atoms with Gasteiger partial charge in [0, 0.05) is 17.0 Å². The standard InChI is InChI=1S/C13H8F3N3O2/c14-13(15,16)7-2-1-3-8-6(7)4-9(17-8)10-5-11(12(20)21)19-18-10/h1-5,17H,(H,18,19)(H,20,21). The average Bonchev–Trinajstić information content (AvgIpc) is 3.03. The van der Waals surface area contributed by atoms with Gasteiger partial charge in [-0.15, -0.1) is 0 Å². The van der Waals surface area contributed by atoms with Gasteiger partial charge in [0.2, 0.25) is 0 Å². The molecule has 3 rings (SSSR count). The van der Waals surface area contributed by atoms with Crippen molar-refractivity contribution in [3.8, 4) is 11.4 Å². The molecular weight excluding hydrogens is 287 g/mol. The fourth-order valence-corrected chi connectivity index (χ4v) is 2.11. The number of halogens is 3. The fraction of sp³-hybridized carbons (Fsp3) is 0.0769. The second kappa shape index (κ2) is 4.37. The van der Waals surface area contributed by atoms with Crippen LogP contribution >= 0.6 is 0 Å². The van der Waals surface area contributed by atoms with E-state index < -0.39 is 17.7 Å². The van der Waals surface area contributed by atoms with Crippen molar-refractivity contribution in [2.75, 3.05) is 0 Å². The van der Waals surface area contributed by atoms with Crippen molar-refractivity contribution in [3.63, 3.8) is 0 Å². The highest BCUT2D eigenvalue weighted by Gasteiger charge is 2.32. The number of hydrogen-bond acceptors (Lipinski definition) is 2. The molecule has 0 amide bonds. The molecule has 0 spiro atoms. The quantitative estimate of drug-likeness (QED) is 0.678. The summed E-state index contributed by atoms with van der Waals surface area (Å²) in [5, 5.41) is 14.9. The normalized spacial score (nSPS) is 12.0. The van der Waals surface area contributed by atoms with E-state index in [1.54, 1.807) is 0 Å². The second-order valence-corrected chi connectivity index (χ2v) is 4.42. The van der Waals surface area contributed by atoms with E-state index in [0.29, 0.717) is 11.2 Å². The highest BCUT2D eigenvalue weighted by Crippen LogP contribution is 2.36. The van der Waals surface area contributed by atoms with Gasteiger partial charge in [-0.25, -0.2) is 4.79 Å². The first-order chi connectivity index (χ1) is 9.86. The molecule has 0 aliphatic rings. The minimum Gasteiger partial charge on any atom is -0.477 e. The van der Waals surface area contributed by atoms with E-state index in [1.807, 2.05) is 0 Å². The van der Waals surface area contributed by atoms with Crippen LogP contribution in [0.4, 0.5) is 13.2 Å². The van der Waals surface area contributed by atoms with Crippen molar-refractivity contribution >= 4 is 16.9 Å². The average molecular weight is 295 g/mol. The number of aromatic carboxylic acids is 1. The van der Waals surface area contributed by atoms with E-state index >= 15 is 0 Å². The maximum absolute atomic E-state index is 12.9. The van der Waals surface area contributed by atoms with Gasteiger partial charge < -0.3 is 10.1 Å². The lowest BCUT2D eigenvalue weighted by Gasteiger charge is -2.06. The zero-order chi connectivity index (χ0) is 15.2. The Morgan fingerprint density at radius 3 is 2.62 bits per heavy atom. The summed E-state index contributed by atoms with van der Waals surface area (Å²) in [6, 6.07) is 6.37. The summed E-state index contributed by atoms with van der Waals surface area (Å²) in [6.45, 7) is 0. The number of aromatic amines is 2. The number of fused-ring (bicyclic) bond motifs is 1. The molecule has 0 saturated heterocycles. The van der Waals surface area contributed by atoms with Crippen LogP contribution in [0.2, 0.25) is 0 Å². The molecule has 8 heteroatoms. The third-order valence-corrected chi connectivity index (χ3v) is 3.05. The zero-order valence-corrected chi connectivity index (χ0v) is 10.3. The summed E-state index contributed by atoms with van der Waals surface area (Å²) in [4.78, 5) is 13.6. The predicted octanol–water partition coefficient (Wildman–Crippen LogP) is 3.28. The van der Waals surface area contributed by atoms with Gasteiger partial charge in [0.25, 0.3) is 0 Å². The molecule has 3 aromatic rings.